The second-order valence-corrected chi connectivity index (χ2v) is 4.30. The van der Waals surface area contributed by atoms with Gasteiger partial charge in [-0.05, 0) is 40.3 Å². The van der Waals surface area contributed by atoms with Gasteiger partial charge in [0.2, 0.25) is 0 Å². The first kappa shape index (κ1) is 10.3. The predicted octanol–water partition coefficient (Wildman–Crippen LogP) is 3.71. The number of nitrogens with zero attached hydrogens (tertiary/aromatic N) is 1. The van der Waals surface area contributed by atoms with Crippen molar-refractivity contribution >= 4 is 50.1 Å². The van der Waals surface area contributed by atoms with Crippen molar-refractivity contribution < 1.29 is 0 Å². The summed E-state index contributed by atoms with van der Waals surface area (Å²) in [6.07, 6.45) is 0. The summed E-state index contributed by atoms with van der Waals surface area (Å²) in [5.41, 5.74) is 1.61. The average Bonchev–Trinajstić information content (AvgIpc) is 2.09. The Hall–Kier alpha value is 0.210. The molecule has 1 aromatic rings. The molecule has 12 heavy (non-hydrogen) atoms. The summed E-state index contributed by atoms with van der Waals surface area (Å²) in [7, 11) is 0. The number of hydrogen-bond donors (Lipinski definition) is 0. The number of nitriles is 1. The number of rotatable bonds is 1. The van der Waals surface area contributed by atoms with Crippen molar-refractivity contribution in [2.45, 2.75) is 5.33 Å². The fraction of sp³-hybridized carbons (Fsp3) is 0.125. The molecule has 0 unspecified atom stereocenters. The summed E-state index contributed by atoms with van der Waals surface area (Å²) < 4.78 is 0.913. The van der Waals surface area contributed by atoms with Crippen LogP contribution in [0.3, 0.4) is 0 Å². The van der Waals surface area contributed by atoms with E-state index in [0.717, 1.165) is 9.13 Å². The zero-order valence-electron chi connectivity index (χ0n) is 5.94. The Morgan fingerprint density at radius 2 is 2.25 bits per heavy atom. The van der Waals surface area contributed by atoms with Crippen LogP contribution in [0.25, 0.3) is 0 Å². The number of alkyl halides is 1. The Balaban J connectivity index is 3.31. The Morgan fingerprint density at radius 1 is 1.58 bits per heavy atom. The lowest BCUT2D eigenvalue weighted by Crippen LogP contribution is -1.87. The van der Waals surface area contributed by atoms with Crippen LogP contribution in [0.1, 0.15) is 11.1 Å². The van der Waals surface area contributed by atoms with E-state index in [2.05, 4.69) is 44.6 Å². The van der Waals surface area contributed by atoms with Crippen LogP contribution in [-0.2, 0) is 5.33 Å². The van der Waals surface area contributed by atoms with Crippen LogP contribution >= 0.6 is 50.1 Å². The average molecular weight is 356 g/mol. The molecule has 1 aromatic carbocycles. The molecular weight excluding hydrogens is 352 g/mol. The molecule has 1 rings (SSSR count). The molecule has 62 valence electrons. The maximum absolute atomic E-state index is 8.75. The van der Waals surface area contributed by atoms with Gasteiger partial charge in [0.1, 0.15) is 0 Å². The molecule has 4 heteroatoms. The van der Waals surface area contributed by atoms with Crippen molar-refractivity contribution in [2.24, 2.45) is 0 Å². The molecule has 0 atom stereocenters. The summed E-state index contributed by atoms with van der Waals surface area (Å²) >= 11 is 11.3. The molecule has 0 heterocycles. The number of halogens is 3. The lowest BCUT2D eigenvalue weighted by Gasteiger charge is -2.01. The van der Waals surface area contributed by atoms with Gasteiger partial charge >= 0.3 is 0 Å². The van der Waals surface area contributed by atoms with Crippen LogP contribution in [0.15, 0.2) is 12.1 Å². The zero-order chi connectivity index (χ0) is 9.14. The van der Waals surface area contributed by atoms with Gasteiger partial charge in [0, 0.05) is 8.90 Å². The molecular formula is C8H4BrClIN. The summed E-state index contributed by atoms with van der Waals surface area (Å²) in [6, 6.07) is 5.73. The first-order chi connectivity index (χ1) is 5.69. The van der Waals surface area contributed by atoms with E-state index >= 15 is 0 Å². The van der Waals surface area contributed by atoms with Crippen LogP contribution < -0.4 is 0 Å². The van der Waals surface area contributed by atoms with Crippen molar-refractivity contribution in [1.29, 1.82) is 5.26 Å². The second-order valence-electron chi connectivity index (χ2n) is 2.17. The molecule has 0 aliphatic heterocycles. The van der Waals surface area contributed by atoms with Gasteiger partial charge < -0.3 is 0 Å². The van der Waals surface area contributed by atoms with Gasteiger partial charge in [-0.3, -0.25) is 0 Å². The molecule has 0 saturated carbocycles. The third-order valence-corrected chi connectivity index (χ3v) is 3.54. The van der Waals surface area contributed by atoms with Gasteiger partial charge in [0.25, 0.3) is 0 Å². The van der Waals surface area contributed by atoms with Crippen LogP contribution in [-0.4, -0.2) is 0 Å². The van der Waals surface area contributed by atoms with Gasteiger partial charge in [-0.1, -0.05) is 27.5 Å². The highest BCUT2D eigenvalue weighted by Crippen LogP contribution is 2.24. The normalized spacial score (nSPS) is 9.50. The smallest absolute Gasteiger partial charge is 0.0995 e. The maximum Gasteiger partial charge on any atom is 0.0995 e. The molecule has 0 bridgehead atoms. The molecule has 0 aromatic heterocycles. The lowest BCUT2D eigenvalue weighted by atomic mass is 10.1. The van der Waals surface area contributed by atoms with E-state index in [1.807, 2.05) is 6.07 Å². The molecule has 0 fully saturated rings. The Morgan fingerprint density at radius 3 is 2.75 bits per heavy atom. The van der Waals surface area contributed by atoms with Gasteiger partial charge in [-0.2, -0.15) is 5.26 Å². The predicted molar refractivity (Wildman–Crippen MR) is 61.5 cm³/mol. The van der Waals surface area contributed by atoms with Crippen molar-refractivity contribution in [1.82, 2.24) is 0 Å². The molecule has 0 saturated heterocycles. The minimum Gasteiger partial charge on any atom is -0.192 e. The lowest BCUT2D eigenvalue weighted by molar-refractivity contribution is 1.36. The summed E-state index contributed by atoms with van der Waals surface area (Å²) in [6.45, 7) is 0. The van der Waals surface area contributed by atoms with Gasteiger partial charge in [0.05, 0.1) is 16.7 Å². The quantitative estimate of drug-likeness (QED) is 0.556. The van der Waals surface area contributed by atoms with E-state index in [4.69, 9.17) is 16.9 Å². The SMILES string of the molecule is N#Cc1cc(I)c(Cl)cc1CBr. The first-order valence-electron chi connectivity index (χ1n) is 3.13. The van der Waals surface area contributed by atoms with E-state index in [0.29, 0.717) is 15.9 Å². The summed E-state index contributed by atoms with van der Waals surface area (Å²) in [4.78, 5) is 0. The fourth-order valence-corrected chi connectivity index (χ4v) is 1.92. The third kappa shape index (κ3) is 2.12. The highest BCUT2D eigenvalue weighted by molar-refractivity contribution is 14.1. The van der Waals surface area contributed by atoms with Crippen molar-refractivity contribution in [2.75, 3.05) is 0 Å². The summed E-state index contributed by atoms with van der Waals surface area (Å²) in [5.74, 6) is 0. The van der Waals surface area contributed by atoms with Gasteiger partial charge in [-0.15, -0.1) is 0 Å². The maximum atomic E-state index is 8.75. The van der Waals surface area contributed by atoms with Crippen LogP contribution in [0.2, 0.25) is 5.02 Å². The minimum atomic E-state index is 0.659. The van der Waals surface area contributed by atoms with E-state index in [-0.39, 0.29) is 0 Å². The van der Waals surface area contributed by atoms with Crippen LogP contribution in [0.4, 0.5) is 0 Å². The highest BCUT2D eigenvalue weighted by atomic mass is 127. The fourth-order valence-electron chi connectivity index (χ4n) is 0.803. The molecule has 0 spiro atoms. The topological polar surface area (TPSA) is 23.8 Å². The molecule has 0 aliphatic rings. The molecule has 0 amide bonds. The van der Waals surface area contributed by atoms with E-state index in [9.17, 15) is 0 Å². The largest absolute Gasteiger partial charge is 0.192 e. The standard InChI is InChI=1S/C8H4BrClIN/c9-3-5-1-7(10)8(11)2-6(5)4-12/h1-2H,3H2. The number of benzene rings is 1. The molecule has 0 radical (unpaired) electrons. The van der Waals surface area contributed by atoms with Gasteiger partial charge in [-0.25, -0.2) is 0 Å². The Labute approximate surface area is 98.0 Å². The Bertz CT molecular complexity index is 346. The van der Waals surface area contributed by atoms with Crippen LogP contribution in [0, 0.1) is 14.9 Å². The third-order valence-electron chi connectivity index (χ3n) is 1.41. The first-order valence-corrected chi connectivity index (χ1v) is 5.71. The van der Waals surface area contributed by atoms with E-state index < -0.39 is 0 Å². The van der Waals surface area contributed by atoms with E-state index in [1.54, 1.807) is 6.07 Å². The van der Waals surface area contributed by atoms with E-state index in [1.165, 1.54) is 0 Å². The van der Waals surface area contributed by atoms with Crippen molar-refractivity contribution in [3.63, 3.8) is 0 Å². The zero-order valence-corrected chi connectivity index (χ0v) is 10.4. The summed E-state index contributed by atoms with van der Waals surface area (Å²) in [5, 5.41) is 10.1. The molecule has 0 aliphatic carbocycles. The minimum absolute atomic E-state index is 0.659. The second kappa shape index (κ2) is 4.45. The monoisotopic (exact) mass is 355 g/mol. The molecule has 1 nitrogen and oxygen atoms in total. The molecule has 0 N–H and O–H groups in total. The van der Waals surface area contributed by atoms with Crippen molar-refractivity contribution in [3.8, 4) is 6.07 Å². The van der Waals surface area contributed by atoms with Crippen LogP contribution in [0.5, 0.6) is 0 Å². The Kier molecular flexibility index (Phi) is 3.81. The number of hydrogen-bond acceptors (Lipinski definition) is 1. The van der Waals surface area contributed by atoms with Crippen molar-refractivity contribution in [3.05, 3.63) is 31.9 Å². The highest BCUT2D eigenvalue weighted by Gasteiger charge is 2.04. The van der Waals surface area contributed by atoms with Gasteiger partial charge in [0.15, 0.2) is 0 Å².